The van der Waals surface area contributed by atoms with Crippen LogP contribution in [0.1, 0.15) is 30.1 Å². The smallest absolute Gasteiger partial charge is 0.164 e. The van der Waals surface area contributed by atoms with Crippen LogP contribution >= 0.6 is 27.5 Å². The lowest BCUT2D eigenvalue weighted by Crippen LogP contribution is -2.03. The summed E-state index contributed by atoms with van der Waals surface area (Å²) in [7, 11) is 0. The molecule has 0 saturated carbocycles. The van der Waals surface area contributed by atoms with E-state index in [9.17, 15) is 9.59 Å². The molecule has 0 atom stereocenters. The molecule has 15 heavy (non-hydrogen) atoms. The molecule has 0 unspecified atom stereocenters. The van der Waals surface area contributed by atoms with Crippen LogP contribution in [0.4, 0.5) is 0 Å². The van der Waals surface area contributed by atoms with E-state index in [1.54, 1.807) is 18.2 Å². The Morgan fingerprint density at radius 1 is 1.33 bits per heavy atom. The van der Waals surface area contributed by atoms with E-state index in [1.807, 2.05) is 0 Å². The van der Waals surface area contributed by atoms with E-state index in [0.29, 0.717) is 15.1 Å². The molecule has 0 bridgehead atoms. The summed E-state index contributed by atoms with van der Waals surface area (Å²) in [5.41, 5.74) is 0.531. The molecule has 2 nitrogen and oxygen atoms in total. The van der Waals surface area contributed by atoms with Crippen LogP contribution in [-0.4, -0.2) is 11.6 Å². The Bertz CT molecular complexity index is 402. The van der Waals surface area contributed by atoms with Crippen molar-refractivity contribution in [3.05, 3.63) is 33.3 Å². The molecule has 80 valence electrons. The van der Waals surface area contributed by atoms with Crippen LogP contribution in [0, 0.1) is 0 Å². The second-order valence-corrected chi connectivity index (χ2v) is 4.54. The summed E-state index contributed by atoms with van der Waals surface area (Å²) in [4.78, 5) is 22.4. The predicted octanol–water partition coefficient (Wildman–Crippen LogP) is 3.65. The molecule has 0 heterocycles. The Hall–Kier alpha value is -0.670. The molecule has 0 saturated heterocycles. The average Bonchev–Trinajstić information content (AvgIpc) is 2.18. The third-order valence-electron chi connectivity index (χ3n) is 1.93. The quantitative estimate of drug-likeness (QED) is 0.793. The molecular weight excluding hydrogens is 279 g/mol. The third-order valence-corrected chi connectivity index (χ3v) is 2.86. The van der Waals surface area contributed by atoms with Crippen molar-refractivity contribution in [3.63, 3.8) is 0 Å². The van der Waals surface area contributed by atoms with E-state index >= 15 is 0 Å². The van der Waals surface area contributed by atoms with Crippen molar-refractivity contribution in [3.8, 4) is 0 Å². The highest BCUT2D eigenvalue weighted by Crippen LogP contribution is 2.22. The number of ketones is 2. The van der Waals surface area contributed by atoms with Gasteiger partial charge in [-0.05, 0) is 25.1 Å². The molecule has 0 aliphatic heterocycles. The number of carbonyl (C=O) groups excluding carboxylic acids is 2. The first kappa shape index (κ1) is 12.4. The number of carbonyl (C=O) groups is 2. The zero-order valence-corrected chi connectivity index (χ0v) is 10.6. The van der Waals surface area contributed by atoms with Gasteiger partial charge in [-0.2, -0.15) is 0 Å². The first-order valence-corrected chi connectivity index (χ1v) is 5.65. The summed E-state index contributed by atoms with van der Waals surface area (Å²) in [6, 6.07) is 5.03. The Kier molecular flexibility index (Phi) is 4.48. The SMILES string of the molecule is CC(=O)CCC(=O)c1cc(Cl)ccc1Br. The topological polar surface area (TPSA) is 34.1 Å². The van der Waals surface area contributed by atoms with Crippen molar-refractivity contribution in [2.24, 2.45) is 0 Å². The van der Waals surface area contributed by atoms with E-state index in [-0.39, 0.29) is 24.4 Å². The van der Waals surface area contributed by atoms with Crippen LogP contribution in [0.15, 0.2) is 22.7 Å². The standard InChI is InChI=1S/C11H10BrClO2/c1-7(14)2-5-11(15)9-6-8(13)3-4-10(9)12/h3-4,6H,2,5H2,1H3. The Morgan fingerprint density at radius 2 is 2.00 bits per heavy atom. The number of hydrogen-bond acceptors (Lipinski definition) is 2. The van der Waals surface area contributed by atoms with Gasteiger partial charge in [-0.1, -0.05) is 27.5 Å². The van der Waals surface area contributed by atoms with Crippen LogP contribution in [0.3, 0.4) is 0 Å². The van der Waals surface area contributed by atoms with E-state index in [2.05, 4.69) is 15.9 Å². The molecule has 0 N–H and O–H groups in total. The average molecular weight is 290 g/mol. The normalized spacial score (nSPS) is 10.1. The van der Waals surface area contributed by atoms with Gasteiger partial charge in [0.25, 0.3) is 0 Å². The summed E-state index contributed by atoms with van der Waals surface area (Å²) in [5.74, 6) is -0.0546. The highest BCUT2D eigenvalue weighted by Gasteiger charge is 2.11. The molecule has 0 radical (unpaired) electrons. The lowest BCUT2D eigenvalue weighted by Gasteiger charge is -2.03. The van der Waals surface area contributed by atoms with Crippen molar-refractivity contribution in [2.75, 3.05) is 0 Å². The molecule has 1 rings (SSSR count). The summed E-state index contributed by atoms with van der Waals surface area (Å²) in [5, 5.41) is 0.518. The lowest BCUT2D eigenvalue weighted by atomic mass is 10.1. The fraction of sp³-hybridized carbons (Fsp3) is 0.273. The molecule has 0 aliphatic rings. The van der Waals surface area contributed by atoms with Crippen LogP contribution in [0.2, 0.25) is 5.02 Å². The molecule has 0 amide bonds. The summed E-state index contributed by atoms with van der Waals surface area (Å²) in [6.45, 7) is 1.47. The van der Waals surface area contributed by atoms with Crippen molar-refractivity contribution in [1.82, 2.24) is 0 Å². The van der Waals surface area contributed by atoms with E-state index in [4.69, 9.17) is 11.6 Å². The zero-order chi connectivity index (χ0) is 11.4. The number of halogens is 2. The van der Waals surface area contributed by atoms with Crippen LogP contribution in [0.5, 0.6) is 0 Å². The molecule has 1 aromatic rings. The highest BCUT2D eigenvalue weighted by atomic mass is 79.9. The second kappa shape index (κ2) is 5.42. The van der Waals surface area contributed by atoms with Crippen LogP contribution < -0.4 is 0 Å². The Balaban J connectivity index is 2.81. The van der Waals surface area contributed by atoms with Gasteiger partial charge in [0.15, 0.2) is 5.78 Å². The maximum absolute atomic E-state index is 11.7. The zero-order valence-electron chi connectivity index (χ0n) is 8.22. The van der Waals surface area contributed by atoms with E-state index in [0.717, 1.165) is 0 Å². The van der Waals surface area contributed by atoms with Gasteiger partial charge in [-0.15, -0.1) is 0 Å². The van der Waals surface area contributed by atoms with Crippen LogP contribution in [-0.2, 0) is 4.79 Å². The number of benzene rings is 1. The maximum Gasteiger partial charge on any atom is 0.164 e. The summed E-state index contributed by atoms with van der Waals surface area (Å²) >= 11 is 9.06. The minimum Gasteiger partial charge on any atom is -0.300 e. The summed E-state index contributed by atoms with van der Waals surface area (Å²) in [6.07, 6.45) is 0.506. The largest absolute Gasteiger partial charge is 0.300 e. The second-order valence-electron chi connectivity index (χ2n) is 3.25. The van der Waals surface area contributed by atoms with Gasteiger partial charge in [0.2, 0.25) is 0 Å². The van der Waals surface area contributed by atoms with Crippen molar-refractivity contribution >= 4 is 39.1 Å². The first-order valence-electron chi connectivity index (χ1n) is 4.48. The van der Waals surface area contributed by atoms with Gasteiger partial charge >= 0.3 is 0 Å². The van der Waals surface area contributed by atoms with Gasteiger partial charge in [0, 0.05) is 27.9 Å². The highest BCUT2D eigenvalue weighted by molar-refractivity contribution is 9.10. The van der Waals surface area contributed by atoms with Gasteiger partial charge < -0.3 is 4.79 Å². The van der Waals surface area contributed by atoms with E-state index in [1.165, 1.54) is 6.92 Å². The van der Waals surface area contributed by atoms with Crippen LogP contribution in [0.25, 0.3) is 0 Å². The van der Waals surface area contributed by atoms with Gasteiger partial charge in [-0.25, -0.2) is 0 Å². The molecular formula is C11H10BrClO2. The summed E-state index contributed by atoms with van der Waals surface area (Å²) < 4.78 is 0.709. The molecule has 0 aliphatic carbocycles. The molecule has 0 aromatic heterocycles. The maximum atomic E-state index is 11.7. The molecule has 4 heteroatoms. The monoisotopic (exact) mass is 288 g/mol. The van der Waals surface area contributed by atoms with Crippen molar-refractivity contribution < 1.29 is 9.59 Å². The number of Topliss-reactive ketones (excluding diaryl/α,β-unsaturated/α-hetero) is 2. The predicted molar refractivity (Wildman–Crippen MR) is 63.4 cm³/mol. The third kappa shape index (κ3) is 3.76. The minimum atomic E-state index is -0.0698. The minimum absolute atomic E-state index is 0.0153. The fourth-order valence-corrected chi connectivity index (χ4v) is 1.78. The molecule has 0 spiro atoms. The van der Waals surface area contributed by atoms with Gasteiger partial charge in [0.05, 0.1) is 0 Å². The molecule has 0 fully saturated rings. The number of hydrogen-bond donors (Lipinski definition) is 0. The Morgan fingerprint density at radius 3 is 2.60 bits per heavy atom. The van der Waals surface area contributed by atoms with Gasteiger partial charge in [-0.3, -0.25) is 4.79 Å². The first-order chi connectivity index (χ1) is 7.00. The molecule has 1 aromatic carbocycles. The van der Waals surface area contributed by atoms with Crippen molar-refractivity contribution in [1.29, 1.82) is 0 Å². The van der Waals surface area contributed by atoms with Gasteiger partial charge in [0.1, 0.15) is 5.78 Å². The lowest BCUT2D eigenvalue weighted by molar-refractivity contribution is -0.116. The Labute approximate surface area is 102 Å². The van der Waals surface area contributed by atoms with E-state index < -0.39 is 0 Å². The number of rotatable bonds is 4. The van der Waals surface area contributed by atoms with Crippen molar-refractivity contribution in [2.45, 2.75) is 19.8 Å². The fourth-order valence-electron chi connectivity index (χ4n) is 1.14.